The molecule has 0 spiro atoms. The Morgan fingerprint density at radius 1 is 1.06 bits per heavy atom. The quantitative estimate of drug-likeness (QED) is 0.321. The normalized spacial score (nSPS) is 15.5. The van der Waals surface area contributed by atoms with E-state index in [0.29, 0.717) is 10.7 Å². The summed E-state index contributed by atoms with van der Waals surface area (Å²) in [6.07, 6.45) is 6.09. The van der Waals surface area contributed by atoms with E-state index in [4.69, 9.17) is 11.6 Å². The van der Waals surface area contributed by atoms with Gasteiger partial charge in [-0.15, -0.1) is 0 Å². The van der Waals surface area contributed by atoms with Crippen molar-refractivity contribution in [3.05, 3.63) is 77.6 Å². The molecule has 1 aliphatic heterocycles. The first-order valence-corrected chi connectivity index (χ1v) is 12.5. The Morgan fingerprint density at radius 2 is 1.84 bits per heavy atom. The summed E-state index contributed by atoms with van der Waals surface area (Å²) in [5, 5.41) is 1.44. The van der Waals surface area contributed by atoms with Gasteiger partial charge in [0.15, 0.2) is 16.6 Å². The van der Waals surface area contributed by atoms with Crippen molar-refractivity contribution in [3.8, 4) is 11.1 Å². The van der Waals surface area contributed by atoms with E-state index >= 15 is 0 Å². The van der Waals surface area contributed by atoms with E-state index < -0.39 is 11.0 Å². The molecule has 2 aromatic heterocycles. The average Bonchev–Trinajstić information content (AvgIpc) is 3.43. The van der Waals surface area contributed by atoms with E-state index in [9.17, 15) is 4.21 Å². The van der Waals surface area contributed by atoms with E-state index in [1.165, 1.54) is 17.7 Å². The van der Waals surface area contributed by atoms with Crippen molar-refractivity contribution < 1.29 is 4.21 Å². The molecular formula is C24H22ClN3OS2. The smallest absolute Gasteiger partial charge is 0.158 e. The summed E-state index contributed by atoms with van der Waals surface area (Å²) < 4.78 is 17.5. The van der Waals surface area contributed by atoms with Gasteiger partial charge in [0.2, 0.25) is 0 Å². The summed E-state index contributed by atoms with van der Waals surface area (Å²) in [5.74, 6) is 0. The number of pyridine rings is 1. The highest BCUT2D eigenvalue weighted by Gasteiger charge is 2.19. The van der Waals surface area contributed by atoms with Crippen LogP contribution in [0.4, 0.5) is 0 Å². The number of nitrogens with zero attached hydrogens (tertiary/aromatic N) is 3. The zero-order valence-corrected chi connectivity index (χ0v) is 19.5. The molecule has 0 saturated carbocycles. The third kappa shape index (κ3) is 4.17. The van der Waals surface area contributed by atoms with Crippen molar-refractivity contribution in [3.63, 3.8) is 0 Å². The molecule has 7 heteroatoms. The molecule has 158 valence electrons. The highest BCUT2D eigenvalue weighted by Crippen LogP contribution is 2.37. The summed E-state index contributed by atoms with van der Waals surface area (Å²) in [6, 6.07) is 18.0. The van der Waals surface area contributed by atoms with Gasteiger partial charge in [-0.2, -0.15) is 0 Å². The summed E-state index contributed by atoms with van der Waals surface area (Å²) in [5.41, 5.74) is 3.74. The molecule has 1 unspecified atom stereocenters. The maximum atomic E-state index is 13.4. The van der Waals surface area contributed by atoms with Gasteiger partial charge in [0.05, 0.1) is 9.92 Å². The summed E-state index contributed by atoms with van der Waals surface area (Å²) in [7, 11) is -1.42. The lowest BCUT2D eigenvalue weighted by Crippen LogP contribution is -2.08. The molecule has 1 atom stereocenters. The van der Waals surface area contributed by atoms with E-state index in [-0.39, 0.29) is 0 Å². The Morgan fingerprint density at radius 3 is 2.61 bits per heavy atom. The number of halogens is 1. The van der Waals surface area contributed by atoms with Crippen LogP contribution in [0.15, 0.2) is 76.8 Å². The van der Waals surface area contributed by atoms with Crippen molar-refractivity contribution in [2.45, 2.75) is 29.6 Å². The van der Waals surface area contributed by atoms with Crippen LogP contribution < -0.4 is 0 Å². The fourth-order valence-corrected chi connectivity index (χ4v) is 6.24. The van der Waals surface area contributed by atoms with Crippen LogP contribution in [0.5, 0.6) is 0 Å². The minimum atomic E-state index is -1.42. The molecule has 5 rings (SSSR count). The minimum Gasteiger partial charge on any atom is -0.246 e. The van der Waals surface area contributed by atoms with Crippen molar-refractivity contribution in [1.82, 2.24) is 13.3 Å². The molecule has 1 saturated heterocycles. The molecule has 0 radical (unpaired) electrons. The fraction of sp³-hybridized carbons (Fsp3) is 0.208. The van der Waals surface area contributed by atoms with E-state index in [0.717, 1.165) is 40.1 Å². The van der Waals surface area contributed by atoms with Gasteiger partial charge in [0, 0.05) is 41.3 Å². The third-order valence-corrected chi connectivity index (χ3v) is 8.16. The molecule has 4 nitrogen and oxygen atoms in total. The van der Waals surface area contributed by atoms with Gasteiger partial charge in [-0.25, -0.2) is 17.5 Å². The van der Waals surface area contributed by atoms with Crippen LogP contribution in [-0.2, 0) is 11.0 Å². The Kier molecular flexibility index (Phi) is 5.89. The van der Waals surface area contributed by atoms with Gasteiger partial charge in [-0.1, -0.05) is 41.4 Å². The van der Waals surface area contributed by atoms with Crippen molar-refractivity contribution in [2.24, 2.45) is 0 Å². The number of benzene rings is 2. The highest BCUT2D eigenvalue weighted by molar-refractivity contribution is 7.97. The van der Waals surface area contributed by atoms with E-state index in [1.54, 1.807) is 28.2 Å². The van der Waals surface area contributed by atoms with Crippen LogP contribution in [0.25, 0.3) is 22.2 Å². The van der Waals surface area contributed by atoms with Crippen LogP contribution in [0.3, 0.4) is 0 Å². The number of rotatable bonds is 5. The van der Waals surface area contributed by atoms with Crippen LogP contribution in [0.1, 0.15) is 18.4 Å². The van der Waals surface area contributed by atoms with Gasteiger partial charge >= 0.3 is 0 Å². The molecule has 1 aliphatic rings. The van der Waals surface area contributed by atoms with Crippen LogP contribution in [0.2, 0.25) is 5.02 Å². The summed E-state index contributed by atoms with van der Waals surface area (Å²) >= 11 is 8.41. The Bertz CT molecular complexity index is 1260. The first-order chi connectivity index (χ1) is 15.1. The average molecular weight is 468 g/mol. The number of fused-ring (bicyclic) bond motifs is 1. The van der Waals surface area contributed by atoms with E-state index in [1.807, 2.05) is 37.4 Å². The number of aromatic nitrogens is 2. The molecular weight excluding hydrogens is 446 g/mol. The van der Waals surface area contributed by atoms with E-state index in [2.05, 4.69) is 33.6 Å². The molecule has 2 aromatic carbocycles. The largest absolute Gasteiger partial charge is 0.246 e. The molecule has 0 amide bonds. The molecule has 0 N–H and O–H groups in total. The molecule has 0 bridgehead atoms. The van der Waals surface area contributed by atoms with Crippen molar-refractivity contribution in [1.29, 1.82) is 0 Å². The topological polar surface area (TPSA) is 38.1 Å². The SMILES string of the molecule is Cc1ccc(S(=O)n2cc(-c3cccc(SN4CCCC4)c3)c3c(Cl)ccnc32)cc1. The summed E-state index contributed by atoms with van der Waals surface area (Å²) in [6.45, 7) is 4.27. The maximum Gasteiger partial charge on any atom is 0.158 e. The second-order valence-electron chi connectivity index (χ2n) is 7.68. The van der Waals surface area contributed by atoms with Gasteiger partial charge in [0.1, 0.15) is 0 Å². The fourth-order valence-electron chi connectivity index (χ4n) is 3.85. The van der Waals surface area contributed by atoms with Crippen molar-refractivity contribution >= 4 is 45.6 Å². The van der Waals surface area contributed by atoms with Gasteiger partial charge < -0.3 is 0 Å². The summed E-state index contributed by atoms with van der Waals surface area (Å²) in [4.78, 5) is 6.46. The molecule has 31 heavy (non-hydrogen) atoms. The standard InChI is InChI=1S/C24H22ClN3OS2/c1-17-7-9-20(10-8-17)31(29)28-16-21(23-22(25)11-12-26-24(23)28)18-5-4-6-19(15-18)30-27-13-2-3-14-27/h4-12,15-16H,2-3,13-14H2,1H3. The van der Waals surface area contributed by atoms with Crippen LogP contribution >= 0.6 is 23.5 Å². The number of hydrogen-bond donors (Lipinski definition) is 0. The molecule has 1 fully saturated rings. The number of hydrogen-bond acceptors (Lipinski definition) is 4. The van der Waals surface area contributed by atoms with Gasteiger partial charge in [-0.3, -0.25) is 0 Å². The number of aryl methyl sites for hydroxylation is 1. The lowest BCUT2D eigenvalue weighted by molar-refractivity contribution is 0.586. The van der Waals surface area contributed by atoms with Gasteiger partial charge in [-0.05, 0) is 67.6 Å². The first-order valence-electron chi connectivity index (χ1n) is 10.3. The Labute approximate surface area is 194 Å². The van der Waals surface area contributed by atoms with Gasteiger partial charge in [0.25, 0.3) is 0 Å². The zero-order chi connectivity index (χ0) is 21.4. The zero-order valence-electron chi connectivity index (χ0n) is 17.1. The second kappa shape index (κ2) is 8.79. The predicted octanol–water partition coefficient (Wildman–Crippen LogP) is 6.34. The molecule has 4 aromatic rings. The lowest BCUT2D eigenvalue weighted by Gasteiger charge is -2.13. The Hall–Kier alpha value is -2.12. The van der Waals surface area contributed by atoms with Crippen LogP contribution in [0, 0.1) is 6.92 Å². The highest BCUT2D eigenvalue weighted by atomic mass is 35.5. The second-order valence-corrected chi connectivity index (χ2v) is 10.6. The Balaban J connectivity index is 1.60. The third-order valence-electron chi connectivity index (χ3n) is 5.45. The molecule has 3 heterocycles. The first kappa shape index (κ1) is 20.8. The minimum absolute atomic E-state index is 0.609. The van der Waals surface area contributed by atoms with Crippen LogP contribution in [-0.4, -0.2) is 30.6 Å². The maximum absolute atomic E-state index is 13.4. The predicted molar refractivity (Wildman–Crippen MR) is 130 cm³/mol. The lowest BCUT2D eigenvalue weighted by atomic mass is 10.1. The monoisotopic (exact) mass is 467 g/mol. The van der Waals surface area contributed by atoms with Crippen molar-refractivity contribution in [2.75, 3.05) is 13.1 Å². The molecule has 0 aliphatic carbocycles.